The molecule has 0 fully saturated rings. The number of nitrogens with one attached hydrogen (secondary N) is 2. The zero-order valence-electron chi connectivity index (χ0n) is 9.92. The number of carbonyl (C=O) groups is 2. The van der Waals surface area contributed by atoms with Gasteiger partial charge in [0.05, 0.1) is 12.1 Å². The molecule has 0 aliphatic carbocycles. The van der Waals surface area contributed by atoms with Gasteiger partial charge < -0.3 is 15.7 Å². The molecule has 0 heterocycles. The van der Waals surface area contributed by atoms with Crippen LogP contribution in [0.2, 0.25) is 0 Å². The second kappa shape index (κ2) is 6.22. The molecule has 20 heavy (non-hydrogen) atoms. The Hall–Kier alpha value is -2.32. The molecule has 0 radical (unpaired) electrons. The van der Waals surface area contributed by atoms with Gasteiger partial charge in [0.1, 0.15) is 11.4 Å². The lowest BCUT2D eigenvalue weighted by molar-refractivity contribution is -0.132. The number of carboxylic acids is 1. The normalized spacial score (nSPS) is 11.0. The summed E-state index contributed by atoms with van der Waals surface area (Å²) in [7, 11) is 0. The summed E-state index contributed by atoms with van der Waals surface area (Å²) in [5.74, 6) is -2.67. The molecule has 0 bridgehead atoms. The van der Waals surface area contributed by atoms with E-state index in [-0.39, 0.29) is 5.69 Å². The predicted octanol–water partition coefficient (Wildman–Crippen LogP) is 2.60. The topological polar surface area (TPSA) is 78.4 Å². The molecule has 0 saturated carbocycles. The van der Waals surface area contributed by atoms with Crippen molar-refractivity contribution >= 4 is 17.7 Å². The van der Waals surface area contributed by atoms with Crippen LogP contribution in [0.1, 0.15) is 16.8 Å². The number of carboxylic acid groups (broad SMARTS) is 1. The minimum Gasteiger partial charge on any atom is -0.478 e. The average Bonchev–Trinajstić information content (AvgIpc) is 2.26. The first-order valence-electron chi connectivity index (χ1n) is 5.34. The maximum Gasteiger partial charge on any atom is 0.390 e. The number of aromatic carboxylic acids is 1. The van der Waals surface area contributed by atoms with E-state index in [2.05, 4.69) is 0 Å². The van der Waals surface area contributed by atoms with Crippen LogP contribution in [-0.4, -0.2) is 29.8 Å². The molecule has 2 amide bonds. The van der Waals surface area contributed by atoms with Gasteiger partial charge in [0.2, 0.25) is 0 Å². The monoisotopic (exact) mass is 294 g/mol. The Labute approximate surface area is 110 Å². The molecule has 9 heteroatoms. The first-order valence-corrected chi connectivity index (χ1v) is 5.34. The van der Waals surface area contributed by atoms with Gasteiger partial charge in [-0.25, -0.2) is 14.0 Å². The average molecular weight is 294 g/mol. The van der Waals surface area contributed by atoms with E-state index < -0.39 is 42.5 Å². The van der Waals surface area contributed by atoms with Gasteiger partial charge in [-0.3, -0.25) is 0 Å². The molecule has 0 aliphatic heterocycles. The van der Waals surface area contributed by atoms with E-state index in [4.69, 9.17) is 5.11 Å². The Morgan fingerprint density at radius 3 is 2.45 bits per heavy atom. The molecule has 1 rings (SSSR count). The minimum absolute atomic E-state index is 0.345. The van der Waals surface area contributed by atoms with Crippen LogP contribution in [0.3, 0.4) is 0 Å². The van der Waals surface area contributed by atoms with Gasteiger partial charge in [0.25, 0.3) is 0 Å². The highest BCUT2D eigenvalue weighted by molar-refractivity contribution is 6.00. The molecule has 0 saturated heterocycles. The first-order chi connectivity index (χ1) is 9.20. The van der Waals surface area contributed by atoms with Crippen molar-refractivity contribution in [3.05, 3.63) is 29.6 Å². The number of rotatable bonds is 4. The Morgan fingerprint density at radius 1 is 1.25 bits per heavy atom. The van der Waals surface area contributed by atoms with Gasteiger partial charge >= 0.3 is 18.2 Å². The SMILES string of the molecule is O=C(NCCC(F)(F)F)Nc1cccc(F)c1C(=O)O. The van der Waals surface area contributed by atoms with Crippen molar-refractivity contribution in [2.24, 2.45) is 0 Å². The summed E-state index contributed by atoms with van der Waals surface area (Å²) < 4.78 is 48.8. The number of alkyl halides is 3. The highest BCUT2D eigenvalue weighted by atomic mass is 19.4. The van der Waals surface area contributed by atoms with Crippen molar-refractivity contribution in [1.29, 1.82) is 0 Å². The minimum atomic E-state index is -4.42. The Bertz CT molecular complexity index is 517. The molecule has 0 aliphatic rings. The van der Waals surface area contributed by atoms with E-state index in [1.807, 2.05) is 10.6 Å². The van der Waals surface area contributed by atoms with Crippen LogP contribution >= 0.6 is 0 Å². The summed E-state index contributed by atoms with van der Waals surface area (Å²) in [6, 6.07) is 2.11. The fourth-order valence-corrected chi connectivity index (χ4v) is 1.33. The summed E-state index contributed by atoms with van der Waals surface area (Å²) in [6.45, 7) is -0.674. The standard InChI is InChI=1S/C11H10F4N2O3/c12-6-2-1-3-7(8(6)9(18)19)17-10(20)16-5-4-11(13,14)15/h1-3H,4-5H2,(H,18,19)(H2,16,17,20). The van der Waals surface area contributed by atoms with Gasteiger partial charge in [-0.05, 0) is 12.1 Å². The van der Waals surface area contributed by atoms with Crippen molar-refractivity contribution < 1.29 is 32.3 Å². The van der Waals surface area contributed by atoms with E-state index in [1.165, 1.54) is 0 Å². The maximum atomic E-state index is 13.3. The molecular weight excluding hydrogens is 284 g/mol. The maximum absolute atomic E-state index is 13.3. The lowest BCUT2D eigenvalue weighted by atomic mass is 10.1. The summed E-state index contributed by atoms with van der Waals surface area (Å²) >= 11 is 0. The lowest BCUT2D eigenvalue weighted by Crippen LogP contribution is -2.32. The van der Waals surface area contributed by atoms with Crippen LogP contribution < -0.4 is 10.6 Å². The molecule has 1 aromatic rings. The summed E-state index contributed by atoms with van der Waals surface area (Å²) in [5.41, 5.74) is -1.11. The van der Waals surface area contributed by atoms with Crippen molar-refractivity contribution in [3.63, 3.8) is 0 Å². The third-order valence-electron chi connectivity index (χ3n) is 2.17. The summed E-state index contributed by atoms with van der Waals surface area (Å²) in [6.07, 6.45) is -5.65. The fraction of sp³-hybridized carbons (Fsp3) is 0.273. The molecule has 0 atom stereocenters. The highest BCUT2D eigenvalue weighted by Gasteiger charge is 2.26. The second-order valence-corrected chi connectivity index (χ2v) is 3.71. The van der Waals surface area contributed by atoms with Crippen LogP contribution in [-0.2, 0) is 0 Å². The Balaban J connectivity index is 2.67. The lowest BCUT2D eigenvalue weighted by Gasteiger charge is -2.11. The van der Waals surface area contributed by atoms with E-state index in [0.29, 0.717) is 0 Å². The largest absolute Gasteiger partial charge is 0.478 e. The van der Waals surface area contributed by atoms with Gasteiger partial charge in [-0.2, -0.15) is 13.2 Å². The van der Waals surface area contributed by atoms with Gasteiger partial charge in [-0.15, -0.1) is 0 Å². The number of anilines is 1. The molecule has 3 N–H and O–H groups in total. The van der Waals surface area contributed by atoms with Gasteiger partial charge in [0, 0.05) is 6.54 Å². The molecule has 0 aromatic heterocycles. The number of benzene rings is 1. The number of halogens is 4. The molecule has 1 aromatic carbocycles. The van der Waals surface area contributed by atoms with E-state index in [1.54, 1.807) is 0 Å². The molecular formula is C11H10F4N2O3. The van der Waals surface area contributed by atoms with Crippen LogP contribution in [0.25, 0.3) is 0 Å². The number of amides is 2. The molecule has 0 spiro atoms. The van der Waals surface area contributed by atoms with Crippen LogP contribution in [0, 0.1) is 5.82 Å². The fourth-order valence-electron chi connectivity index (χ4n) is 1.33. The first kappa shape index (κ1) is 15.7. The number of carbonyl (C=O) groups excluding carboxylic acids is 1. The van der Waals surface area contributed by atoms with Gasteiger partial charge in [-0.1, -0.05) is 6.07 Å². The number of hydrogen-bond acceptors (Lipinski definition) is 2. The third-order valence-corrected chi connectivity index (χ3v) is 2.17. The highest BCUT2D eigenvalue weighted by Crippen LogP contribution is 2.19. The summed E-state index contributed by atoms with van der Waals surface area (Å²) in [4.78, 5) is 22.1. The van der Waals surface area contributed by atoms with E-state index >= 15 is 0 Å². The summed E-state index contributed by atoms with van der Waals surface area (Å²) in [5, 5.41) is 12.7. The Kier molecular flexibility index (Phi) is 4.89. The van der Waals surface area contributed by atoms with Gasteiger partial charge in [0.15, 0.2) is 0 Å². The van der Waals surface area contributed by atoms with Crippen LogP contribution in [0.4, 0.5) is 28.0 Å². The predicted molar refractivity (Wildman–Crippen MR) is 61.1 cm³/mol. The Morgan fingerprint density at radius 2 is 1.90 bits per heavy atom. The van der Waals surface area contributed by atoms with Crippen molar-refractivity contribution in [1.82, 2.24) is 5.32 Å². The molecule has 5 nitrogen and oxygen atoms in total. The van der Waals surface area contributed by atoms with Crippen molar-refractivity contribution in [3.8, 4) is 0 Å². The van der Waals surface area contributed by atoms with E-state index in [9.17, 15) is 27.2 Å². The third kappa shape index (κ3) is 4.75. The second-order valence-electron chi connectivity index (χ2n) is 3.71. The zero-order chi connectivity index (χ0) is 15.3. The zero-order valence-corrected chi connectivity index (χ0v) is 9.92. The number of urea groups is 1. The van der Waals surface area contributed by atoms with Crippen LogP contribution in [0.5, 0.6) is 0 Å². The van der Waals surface area contributed by atoms with Crippen LogP contribution in [0.15, 0.2) is 18.2 Å². The quantitative estimate of drug-likeness (QED) is 0.747. The smallest absolute Gasteiger partial charge is 0.390 e. The van der Waals surface area contributed by atoms with Crippen molar-refractivity contribution in [2.75, 3.05) is 11.9 Å². The number of hydrogen-bond donors (Lipinski definition) is 3. The van der Waals surface area contributed by atoms with E-state index in [0.717, 1.165) is 18.2 Å². The molecule has 0 unspecified atom stereocenters. The van der Waals surface area contributed by atoms with Crippen molar-refractivity contribution in [2.45, 2.75) is 12.6 Å². The molecule has 110 valence electrons.